The van der Waals surface area contributed by atoms with E-state index in [2.05, 4.69) is 14.8 Å². The summed E-state index contributed by atoms with van der Waals surface area (Å²) in [5.41, 5.74) is 2.12. The van der Waals surface area contributed by atoms with E-state index in [9.17, 15) is 14.0 Å². The number of pyridine rings is 1. The van der Waals surface area contributed by atoms with Gasteiger partial charge in [-0.25, -0.2) is 19.2 Å². The van der Waals surface area contributed by atoms with Crippen molar-refractivity contribution in [1.82, 2.24) is 19.8 Å². The van der Waals surface area contributed by atoms with E-state index in [4.69, 9.17) is 10.1 Å². The third kappa shape index (κ3) is 4.35. The molecule has 3 aliphatic heterocycles. The summed E-state index contributed by atoms with van der Waals surface area (Å²) >= 11 is 1.58. The van der Waals surface area contributed by atoms with Gasteiger partial charge in [0, 0.05) is 54.8 Å². The van der Waals surface area contributed by atoms with Crippen LogP contribution in [0.4, 0.5) is 10.2 Å². The van der Waals surface area contributed by atoms with Crippen LogP contribution in [0.15, 0.2) is 42.6 Å². The van der Waals surface area contributed by atoms with Crippen molar-refractivity contribution in [2.75, 3.05) is 31.1 Å². The summed E-state index contributed by atoms with van der Waals surface area (Å²) in [5.74, 6) is -0.299. The lowest BCUT2D eigenvalue weighted by molar-refractivity contribution is -0.133. The molecule has 186 valence electrons. The van der Waals surface area contributed by atoms with Gasteiger partial charge in [-0.1, -0.05) is 0 Å². The molecule has 3 aromatic rings. The third-order valence-corrected chi connectivity index (χ3v) is 8.48. The summed E-state index contributed by atoms with van der Waals surface area (Å²) in [6.45, 7) is 3.20. The summed E-state index contributed by atoms with van der Waals surface area (Å²) in [4.78, 5) is 41.1. The molecule has 1 N–H and O–H groups in total. The molecule has 0 saturated carbocycles. The fourth-order valence-corrected chi connectivity index (χ4v) is 6.70. The van der Waals surface area contributed by atoms with Crippen molar-refractivity contribution in [3.63, 3.8) is 0 Å². The largest absolute Gasteiger partial charge is 0.478 e. The van der Waals surface area contributed by atoms with Crippen LogP contribution >= 0.6 is 11.3 Å². The first-order valence-electron chi connectivity index (χ1n) is 12.2. The molecule has 8 nitrogen and oxygen atoms in total. The predicted octanol–water partition coefficient (Wildman–Crippen LogP) is 3.28. The maximum atomic E-state index is 13.3. The van der Waals surface area contributed by atoms with Crippen molar-refractivity contribution < 1.29 is 19.1 Å². The van der Waals surface area contributed by atoms with Crippen LogP contribution in [-0.2, 0) is 17.8 Å². The first kappa shape index (κ1) is 23.1. The van der Waals surface area contributed by atoms with Gasteiger partial charge in [0.1, 0.15) is 16.6 Å². The number of piperazine rings is 1. The first-order chi connectivity index (χ1) is 17.4. The van der Waals surface area contributed by atoms with E-state index in [1.807, 2.05) is 4.90 Å². The normalized spacial score (nSPS) is 21.5. The molecule has 2 unspecified atom stereocenters. The lowest BCUT2D eigenvalue weighted by atomic mass is 10.1. The van der Waals surface area contributed by atoms with E-state index in [0.717, 1.165) is 59.3 Å². The van der Waals surface area contributed by atoms with Crippen molar-refractivity contribution in [2.24, 2.45) is 0 Å². The van der Waals surface area contributed by atoms with Gasteiger partial charge in [0.2, 0.25) is 5.91 Å². The van der Waals surface area contributed by atoms with E-state index < -0.39 is 5.97 Å². The molecule has 6 rings (SSSR count). The zero-order valence-corrected chi connectivity index (χ0v) is 20.5. The van der Waals surface area contributed by atoms with Gasteiger partial charge in [0.15, 0.2) is 0 Å². The number of anilines is 1. The van der Waals surface area contributed by atoms with Gasteiger partial charge in [0.25, 0.3) is 0 Å². The number of amides is 1. The van der Waals surface area contributed by atoms with Crippen LogP contribution in [-0.4, -0.2) is 75.0 Å². The van der Waals surface area contributed by atoms with E-state index in [-0.39, 0.29) is 29.4 Å². The molecular weight excluding hydrogens is 481 g/mol. The van der Waals surface area contributed by atoms with Crippen LogP contribution in [0.5, 0.6) is 0 Å². The average molecular weight is 508 g/mol. The lowest BCUT2D eigenvalue weighted by Crippen LogP contribution is -2.56. The fourth-order valence-electron chi connectivity index (χ4n) is 5.57. The summed E-state index contributed by atoms with van der Waals surface area (Å²) in [6.07, 6.45) is 4.23. The number of aromatic nitrogens is 2. The Kier molecular flexibility index (Phi) is 5.93. The number of hydrogen-bond donors (Lipinski definition) is 1. The summed E-state index contributed by atoms with van der Waals surface area (Å²) in [5, 5.41) is 10.0. The molecule has 5 heterocycles. The quantitative estimate of drug-likeness (QED) is 0.567. The van der Waals surface area contributed by atoms with Crippen molar-refractivity contribution >= 4 is 29.0 Å². The summed E-state index contributed by atoms with van der Waals surface area (Å²) in [7, 11) is 0. The number of carbonyl (C=O) groups is 2. The average Bonchev–Trinajstić information content (AvgIpc) is 3.42. The number of rotatable bonds is 5. The number of fused-ring (bicyclic) bond motifs is 3. The molecule has 10 heteroatoms. The van der Waals surface area contributed by atoms with Gasteiger partial charge < -0.3 is 14.9 Å². The molecule has 2 atom stereocenters. The van der Waals surface area contributed by atoms with Crippen molar-refractivity contribution in [1.29, 1.82) is 0 Å². The Balaban J connectivity index is 1.08. The molecule has 2 fully saturated rings. The van der Waals surface area contributed by atoms with Gasteiger partial charge in [-0.2, -0.15) is 0 Å². The smallest absolute Gasteiger partial charge is 0.337 e. The Hall–Kier alpha value is -3.37. The second kappa shape index (κ2) is 9.25. The van der Waals surface area contributed by atoms with Crippen LogP contribution in [0.1, 0.15) is 33.8 Å². The summed E-state index contributed by atoms with van der Waals surface area (Å²) in [6, 6.07) is 10.3. The number of likely N-dealkylation sites (tertiary alicyclic amines) is 1. The fraction of sp³-hybridized carbons (Fsp3) is 0.385. The van der Waals surface area contributed by atoms with Crippen molar-refractivity contribution in [3.8, 4) is 10.6 Å². The number of nitrogens with zero attached hydrogens (tertiary/aromatic N) is 5. The molecule has 1 amide bonds. The number of carboxylic acid groups (broad SMARTS) is 1. The minimum atomic E-state index is -0.977. The van der Waals surface area contributed by atoms with Crippen LogP contribution in [0.2, 0.25) is 0 Å². The van der Waals surface area contributed by atoms with Crippen LogP contribution in [0, 0.1) is 5.82 Å². The van der Waals surface area contributed by atoms with Gasteiger partial charge in [-0.3, -0.25) is 9.69 Å². The third-order valence-electron chi connectivity index (χ3n) is 7.35. The molecule has 0 aliphatic carbocycles. The van der Waals surface area contributed by atoms with Gasteiger partial charge in [-0.05, 0) is 49.2 Å². The van der Waals surface area contributed by atoms with E-state index >= 15 is 0 Å². The standard InChI is InChI=1S/C26H26FN5O3S/c27-18-4-1-16(2-5-18)25-29-21-9-10-31(14-22(21)36-25)24(33)15-30-12-19-6-7-20(13-30)32(19)23-8-3-17(11-28-23)26(34)35/h1-5,8,11,19-20H,6-7,9-10,12-15H2,(H,34,35). The van der Waals surface area contributed by atoms with Gasteiger partial charge in [-0.15, -0.1) is 11.3 Å². The Labute approximate surface area is 212 Å². The van der Waals surface area contributed by atoms with Crippen molar-refractivity contribution in [2.45, 2.75) is 37.9 Å². The number of benzene rings is 1. The molecule has 3 aliphatic rings. The van der Waals surface area contributed by atoms with Crippen LogP contribution in [0.3, 0.4) is 0 Å². The minimum Gasteiger partial charge on any atom is -0.478 e. The monoisotopic (exact) mass is 507 g/mol. The maximum absolute atomic E-state index is 13.3. The highest BCUT2D eigenvalue weighted by Crippen LogP contribution is 2.35. The van der Waals surface area contributed by atoms with Crippen LogP contribution < -0.4 is 4.90 Å². The van der Waals surface area contributed by atoms with E-state index in [0.29, 0.717) is 19.6 Å². The Bertz CT molecular complexity index is 1280. The first-order valence-corrected chi connectivity index (χ1v) is 13.0. The summed E-state index contributed by atoms with van der Waals surface area (Å²) < 4.78 is 13.3. The lowest BCUT2D eigenvalue weighted by Gasteiger charge is -2.42. The molecule has 1 aromatic carbocycles. The number of halogens is 1. The number of hydrogen-bond acceptors (Lipinski definition) is 7. The second-order valence-electron chi connectivity index (χ2n) is 9.66. The molecular formula is C26H26FN5O3S. The van der Waals surface area contributed by atoms with Gasteiger partial charge >= 0.3 is 5.97 Å². The van der Waals surface area contributed by atoms with Crippen LogP contribution in [0.25, 0.3) is 10.6 Å². The Morgan fingerprint density at radius 1 is 1.08 bits per heavy atom. The van der Waals surface area contributed by atoms with E-state index in [1.165, 1.54) is 18.3 Å². The topological polar surface area (TPSA) is 89.9 Å². The SMILES string of the molecule is O=C(O)c1ccc(N2C3CCC2CN(CC(=O)N2CCc4nc(-c5ccc(F)cc5)sc4C2)C3)nc1. The second-order valence-corrected chi connectivity index (χ2v) is 10.7. The van der Waals surface area contributed by atoms with Gasteiger partial charge in [0.05, 0.1) is 24.3 Å². The number of aromatic carboxylic acids is 1. The van der Waals surface area contributed by atoms with E-state index in [1.54, 1.807) is 35.6 Å². The number of carboxylic acids is 1. The minimum absolute atomic E-state index is 0.133. The molecule has 2 saturated heterocycles. The highest BCUT2D eigenvalue weighted by molar-refractivity contribution is 7.15. The molecule has 2 bridgehead atoms. The molecule has 0 radical (unpaired) electrons. The maximum Gasteiger partial charge on any atom is 0.337 e. The predicted molar refractivity (Wildman–Crippen MR) is 134 cm³/mol. The highest BCUT2D eigenvalue weighted by atomic mass is 32.1. The molecule has 2 aromatic heterocycles. The number of thiazole rings is 1. The molecule has 0 spiro atoms. The zero-order valence-electron chi connectivity index (χ0n) is 19.6. The Morgan fingerprint density at radius 3 is 2.50 bits per heavy atom. The number of carbonyl (C=O) groups excluding carboxylic acids is 1. The highest BCUT2D eigenvalue weighted by Gasteiger charge is 2.41. The van der Waals surface area contributed by atoms with Crippen molar-refractivity contribution in [3.05, 3.63) is 64.5 Å². The molecule has 36 heavy (non-hydrogen) atoms. The Morgan fingerprint density at radius 2 is 1.83 bits per heavy atom. The zero-order chi connectivity index (χ0) is 24.8.